The molecule has 0 spiro atoms. The van der Waals surface area contributed by atoms with Crippen molar-refractivity contribution in [3.05, 3.63) is 29.8 Å². The Morgan fingerprint density at radius 2 is 1.65 bits per heavy atom. The molecule has 1 aliphatic heterocycles. The van der Waals surface area contributed by atoms with Crippen LogP contribution in [0.5, 0.6) is 0 Å². The number of benzene rings is 1. The summed E-state index contributed by atoms with van der Waals surface area (Å²) in [5.74, 6) is 4.12. The average molecular weight is 401 g/mol. The van der Waals surface area contributed by atoms with Crippen LogP contribution in [0.4, 0.5) is 0 Å². The number of hydrogen-bond acceptors (Lipinski definition) is 4. The summed E-state index contributed by atoms with van der Waals surface area (Å²) in [6, 6.07) is 5.78. The molecule has 1 aromatic rings. The molecule has 0 radical (unpaired) electrons. The first-order valence-corrected chi connectivity index (χ1v) is 12.7. The first-order valence-electron chi connectivity index (χ1n) is 9.51. The van der Waals surface area contributed by atoms with E-state index in [1.54, 1.807) is 12.1 Å². The van der Waals surface area contributed by atoms with Crippen molar-refractivity contribution in [3.8, 4) is 0 Å². The largest absolute Gasteiger partial charge is 0.744 e. The second-order valence-electron chi connectivity index (χ2n) is 6.84. The SMILES string of the molecule is CCCCCCC(=O)C[S+]1CCCCC1.Cc1ccc(S(=O)(=O)[O-])cc1. The minimum absolute atomic E-state index is 0.178. The van der Waals surface area contributed by atoms with E-state index in [1.165, 1.54) is 62.2 Å². The summed E-state index contributed by atoms with van der Waals surface area (Å²) < 4.78 is 31.2. The minimum Gasteiger partial charge on any atom is -0.744 e. The van der Waals surface area contributed by atoms with Gasteiger partial charge in [-0.1, -0.05) is 43.9 Å². The molecule has 6 heteroatoms. The van der Waals surface area contributed by atoms with Crippen molar-refractivity contribution >= 4 is 26.8 Å². The van der Waals surface area contributed by atoms with Crippen LogP contribution in [0, 0.1) is 6.92 Å². The molecular formula is C20H32O4S2. The van der Waals surface area contributed by atoms with Gasteiger partial charge in [-0.3, -0.25) is 4.79 Å². The van der Waals surface area contributed by atoms with Gasteiger partial charge in [0.2, 0.25) is 0 Å². The molecule has 0 saturated carbocycles. The maximum absolute atomic E-state index is 11.7. The topological polar surface area (TPSA) is 74.3 Å². The first-order chi connectivity index (χ1) is 12.3. The molecule has 4 nitrogen and oxygen atoms in total. The van der Waals surface area contributed by atoms with Gasteiger partial charge in [-0.2, -0.15) is 0 Å². The fraction of sp³-hybridized carbons (Fsp3) is 0.650. The van der Waals surface area contributed by atoms with Gasteiger partial charge in [0, 0.05) is 6.42 Å². The predicted octanol–water partition coefficient (Wildman–Crippen LogP) is 4.23. The number of ketones is 1. The van der Waals surface area contributed by atoms with Gasteiger partial charge < -0.3 is 4.55 Å². The van der Waals surface area contributed by atoms with E-state index in [0.29, 0.717) is 16.7 Å². The maximum atomic E-state index is 11.7. The Balaban J connectivity index is 0.000000273. The Morgan fingerprint density at radius 3 is 2.19 bits per heavy atom. The van der Waals surface area contributed by atoms with E-state index < -0.39 is 10.1 Å². The molecule has 0 unspecified atom stereocenters. The molecule has 148 valence electrons. The summed E-state index contributed by atoms with van der Waals surface area (Å²) in [4.78, 5) is 11.5. The molecule has 2 rings (SSSR count). The summed E-state index contributed by atoms with van der Waals surface area (Å²) in [5, 5.41) is 0. The number of rotatable bonds is 8. The van der Waals surface area contributed by atoms with Crippen molar-refractivity contribution in [2.45, 2.75) is 70.1 Å². The van der Waals surface area contributed by atoms with Crippen molar-refractivity contribution in [3.63, 3.8) is 0 Å². The van der Waals surface area contributed by atoms with Crippen LogP contribution in [0.2, 0.25) is 0 Å². The third kappa shape index (κ3) is 10.3. The molecule has 0 amide bonds. The molecule has 0 aliphatic carbocycles. The Labute approximate surface area is 161 Å². The molecule has 0 bridgehead atoms. The number of aryl methyl sites for hydroxylation is 1. The summed E-state index contributed by atoms with van der Waals surface area (Å²) in [7, 11) is -3.80. The van der Waals surface area contributed by atoms with Gasteiger partial charge in [-0.15, -0.1) is 0 Å². The van der Waals surface area contributed by atoms with Gasteiger partial charge >= 0.3 is 0 Å². The van der Waals surface area contributed by atoms with Crippen molar-refractivity contribution < 1.29 is 17.8 Å². The average Bonchev–Trinajstić information content (AvgIpc) is 2.60. The number of carbonyl (C=O) groups excluding carboxylic acids is 1. The lowest BCUT2D eigenvalue weighted by Crippen LogP contribution is -2.25. The van der Waals surface area contributed by atoms with E-state index in [1.807, 2.05) is 6.92 Å². The number of hydrogen-bond donors (Lipinski definition) is 0. The van der Waals surface area contributed by atoms with Crippen LogP contribution >= 0.6 is 0 Å². The van der Waals surface area contributed by atoms with E-state index in [2.05, 4.69) is 6.92 Å². The number of unbranched alkanes of at least 4 members (excludes halogenated alkanes) is 3. The van der Waals surface area contributed by atoms with Crippen LogP contribution in [-0.4, -0.2) is 36.0 Å². The fourth-order valence-corrected chi connectivity index (χ4v) is 5.58. The molecule has 26 heavy (non-hydrogen) atoms. The monoisotopic (exact) mass is 400 g/mol. The van der Waals surface area contributed by atoms with Gasteiger partial charge in [0.1, 0.15) is 21.6 Å². The van der Waals surface area contributed by atoms with Gasteiger partial charge in [0.25, 0.3) is 0 Å². The van der Waals surface area contributed by atoms with Crippen molar-refractivity contribution in [1.29, 1.82) is 0 Å². The highest BCUT2D eigenvalue weighted by Crippen LogP contribution is 2.15. The smallest absolute Gasteiger partial charge is 0.181 e. The van der Waals surface area contributed by atoms with Crippen molar-refractivity contribution in [2.24, 2.45) is 0 Å². The zero-order valence-corrected chi connectivity index (χ0v) is 17.7. The molecule has 1 heterocycles. The Kier molecular flexibility index (Phi) is 11.2. The third-order valence-electron chi connectivity index (χ3n) is 4.35. The molecule has 0 N–H and O–H groups in total. The summed E-state index contributed by atoms with van der Waals surface area (Å²) >= 11 is 0. The Morgan fingerprint density at radius 1 is 1.04 bits per heavy atom. The summed E-state index contributed by atoms with van der Waals surface area (Å²) in [5.41, 5.74) is 0.928. The van der Waals surface area contributed by atoms with Gasteiger partial charge in [-0.05, 0) is 55.6 Å². The quantitative estimate of drug-likeness (QED) is 0.372. The fourth-order valence-electron chi connectivity index (χ4n) is 2.79. The molecule has 0 aromatic heterocycles. The number of Topliss-reactive ketones (excluding diaryl/α,β-unsaturated/α-hetero) is 1. The zero-order chi connectivity index (χ0) is 19.4. The highest BCUT2D eigenvalue weighted by atomic mass is 32.2. The van der Waals surface area contributed by atoms with Crippen LogP contribution < -0.4 is 0 Å². The Hall–Kier alpha value is -0.850. The van der Waals surface area contributed by atoms with E-state index in [9.17, 15) is 17.8 Å². The van der Waals surface area contributed by atoms with Crippen LogP contribution in [0.15, 0.2) is 29.2 Å². The van der Waals surface area contributed by atoms with Crippen LogP contribution in [0.1, 0.15) is 63.9 Å². The molecular weight excluding hydrogens is 368 g/mol. The lowest BCUT2D eigenvalue weighted by atomic mass is 10.1. The number of carbonyl (C=O) groups is 1. The van der Waals surface area contributed by atoms with Crippen LogP contribution in [0.25, 0.3) is 0 Å². The molecule has 1 aromatic carbocycles. The van der Waals surface area contributed by atoms with E-state index in [0.717, 1.165) is 24.2 Å². The Bertz CT molecular complexity index is 618. The third-order valence-corrected chi connectivity index (χ3v) is 7.66. The lowest BCUT2D eigenvalue weighted by molar-refractivity contribution is -0.116. The normalized spacial score (nSPS) is 15.2. The van der Waals surface area contributed by atoms with Gasteiger partial charge in [0.15, 0.2) is 11.5 Å². The highest BCUT2D eigenvalue weighted by Gasteiger charge is 2.24. The summed E-state index contributed by atoms with van der Waals surface area (Å²) in [6.45, 7) is 4.03. The molecule has 0 atom stereocenters. The summed E-state index contributed by atoms with van der Waals surface area (Å²) in [6.07, 6.45) is 9.91. The first kappa shape index (κ1) is 23.2. The highest BCUT2D eigenvalue weighted by molar-refractivity contribution is 7.97. The molecule has 1 saturated heterocycles. The molecule has 1 fully saturated rings. The van der Waals surface area contributed by atoms with Gasteiger partial charge in [-0.25, -0.2) is 8.42 Å². The van der Waals surface area contributed by atoms with E-state index in [-0.39, 0.29) is 4.90 Å². The van der Waals surface area contributed by atoms with E-state index in [4.69, 9.17) is 0 Å². The second kappa shape index (κ2) is 12.5. The minimum atomic E-state index is -4.27. The lowest BCUT2D eigenvalue weighted by Gasteiger charge is -2.12. The maximum Gasteiger partial charge on any atom is 0.181 e. The van der Waals surface area contributed by atoms with Crippen molar-refractivity contribution in [2.75, 3.05) is 17.3 Å². The van der Waals surface area contributed by atoms with E-state index >= 15 is 0 Å². The standard InChI is InChI=1S/C13H25OS.C7H8O3S/c1-2-3-4-6-9-13(14)12-15-10-7-5-8-11-15;1-6-2-4-7(5-3-6)11(8,9)10/h2-12H2,1H3;2-5H,1H3,(H,8,9,10)/q+1;/p-1. The van der Waals surface area contributed by atoms with Crippen molar-refractivity contribution in [1.82, 2.24) is 0 Å². The zero-order valence-electron chi connectivity index (χ0n) is 16.0. The van der Waals surface area contributed by atoms with Gasteiger partial charge in [0.05, 0.1) is 4.90 Å². The van der Waals surface area contributed by atoms with Crippen LogP contribution in [0.3, 0.4) is 0 Å². The predicted molar refractivity (Wildman–Crippen MR) is 109 cm³/mol. The van der Waals surface area contributed by atoms with Crippen LogP contribution in [-0.2, 0) is 25.8 Å². The molecule has 1 aliphatic rings. The second-order valence-corrected chi connectivity index (χ2v) is 10.6.